The first-order chi connectivity index (χ1) is 7.91. The van der Waals surface area contributed by atoms with E-state index in [0.717, 1.165) is 6.42 Å². The molecule has 1 atom stereocenters. The fourth-order valence-electron chi connectivity index (χ4n) is 1.72. The molecule has 0 radical (unpaired) electrons. The normalized spacial score (nSPS) is 21.9. The van der Waals surface area contributed by atoms with Crippen molar-refractivity contribution in [1.29, 1.82) is 0 Å². The summed E-state index contributed by atoms with van der Waals surface area (Å²) in [5, 5.41) is 0.565. The third kappa shape index (κ3) is 2.79. The molecule has 1 saturated heterocycles. The second-order valence-corrected chi connectivity index (χ2v) is 7.87. The first kappa shape index (κ1) is 13.6. The van der Waals surface area contributed by atoms with E-state index in [1.807, 2.05) is 0 Å². The van der Waals surface area contributed by atoms with Crippen LogP contribution in [0.4, 0.5) is 0 Å². The van der Waals surface area contributed by atoms with Crippen molar-refractivity contribution in [3.05, 3.63) is 28.2 Å². The molecule has 0 N–H and O–H groups in total. The number of halogens is 3. The van der Waals surface area contributed by atoms with E-state index >= 15 is 0 Å². The van der Waals surface area contributed by atoms with Crippen molar-refractivity contribution in [1.82, 2.24) is 4.31 Å². The van der Waals surface area contributed by atoms with Crippen molar-refractivity contribution >= 4 is 49.2 Å². The maximum atomic E-state index is 12.3. The van der Waals surface area contributed by atoms with Crippen LogP contribution in [-0.4, -0.2) is 30.6 Å². The molecule has 0 aromatic heterocycles. The van der Waals surface area contributed by atoms with Crippen molar-refractivity contribution in [2.24, 2.45) is 0 Å². The van der Waals surface area contributed by atoms with E-state index in [1.54, 1.807) is 6.07 Å². The molecular weight excluding hydrogens is 349 g/mol. The summed E-state index contributed by atoms with van der Waals surface area (Å²) in [6.45, 7) is 0.965. The average Bonchev–Trinajstić information content (AvgIpc) is 2.69. The van der Waals surface area contributed by atoms with Gasteiger partial charge < -0.3 is 0 Å². The SMILES string of the molecule is O=S(=O)(c1cc(Cl)ccc1Cl)N1CCC(Br)C1. The van der Waals surface area contributed by atoms with E-state index in [4.69, 9.17) is 23.2 Å². The largest absolute Gasteiger partial charge is 0.244 e. The van der Waals surface area contributed by atoms with Crippen LogP contribution in [0.3, 0.4) is 0 Å². The van der Waals surface area contributed by atoms with E-state index < -0.39 is 10.0 Å². The third-order valence-electron chi connectivity index (χ3n) is 2.60. The Bertz CT molecular complexity index is 535. The lowest BCUT2D eigenvalue weighted by Crippen LogP contribution is -2.29. The molecule has 0 saturated carbocycles. The summed E-state index contributed by atoms with van der Waals surface area (Å²) in [4.78, 5) is 0.281. The van der Waals surface area contributed by atoms with E-state index in [0.29, 0.717) is 18.1 Å². The Morgan fingerprint density at radius 3 is 2.65 bits per heavy atom. The van der Waals surface area contributed by atoms with Crippen molar-refractivity contribution in [2.45, 2.75) is 16.1 Å². The summed E-state index contributed by atoms with van der Waals surface area (Å²) >= 11 is 15.1. The van der Waals surface area contributed by atoms with Crippen LogP contribution in [-0.2, 0) is 10.0 Å². The lowest BCUT2D eigenvalue weighted by atomic mass is 10.4. The molecule has 2 rings (SSSR count). The quantitative estimate of drug-likeness (QED) is 0.761. The molecule has 3 nitrogen and oxygen atoms in total. The highest BCUT2D eigenvalue weighted by atomic mass is 79.9. The van der Waals surface area contributed by atoms with Gasteiger partial charge in [-0.05, 0) is 24.6 Å². The molecular formula is C10H10BrCl2NO2S. The van der Waals surface area contributed by atoms with Crippen molar-refractivity contribution in [3.8, 4) is 0 Å². The van der Waals surface area contributed by atoms with Gasteiger partial charge in [0.25, 0.3) is 0 Å². The van der Waals surface area contributed by atoms with Gasteiger partial charge in [-0.2, -0.15) is 4.31 Å². The molecule has 1 aliphatic heterocycles. The number of hydrogen-bond donors (Lipinski definition) is 0. The lowest BCUT2D eigenvalue weighted by Gasteiger charge is -2.16. The number of rotatable bonds is 2. The predicted molar refractivity (Wildman–Crippen MR) is 72.6 cm³/mol. The van der Waals surface area contributed by atoms with Crippen LogP contribution in [0.25, 0.3) is 0 Å². The monoisotopic (exact) mass is 357 g/mol. The van der Waals surface area contributed by atoms with Gasteiger partial charge in [0.15, 0.2) is 0 Å². The number of alkyl halides is 1. The summed E-state index contributed by atoms with van der Waals surface area (Å²) < 4.78 is 26.1. The Morgan fingerprint density at radius 1 is 1.35 bits per heavy atom. The van der Waals surface area contributed by atoms with Crippen molar-refractivity contribution < 1.29 is 8.42 Å². The standard InChI is InChI=1S/C10H10BrCl2NO2S/c11-7-3-4-14(6-7)17(15,16)10-5-8(12)1-2-9(10)13/h1-2,5,7H,3-4,6H2. The molecule has 1 aromatic carbocycles. The fraction of sp³-hybridized carbons (Fsp3) is 0.400. The zero-order valence-corrected chi connectivity index (χ0v) is 12.7. The van der Waals surface area contributed by atoms with Gasteiger partial charge in [0.1, 0.15) is 4.90 Å². The Kier molecular flexibility index (Phi) is 4.05. The van der Waals surface area contributed by atoms with Gasteiger partial charge in [-0.15, -0.1) is 0 Å². The Labute approximate surface area is 119 Å². The Hall–Kier alpha value is 0.190. The molecule has 1 aromatic rings. The first-order valence-corrected chi connectivity index (χ1v) is 8.11. The molecule has 1 fully saturated rings. The minimum Gasteiger partial charge on any atom is -0.207 e. The molecule has 1 aliphatic rings. The van der Waals surface area contributed by atoms with Crippen molar-refractivity contribution in [3.63, 3.8) is 0 Å². The molecule has 7 heteroatoms. The summed E-state index contributed by atoms with van der Waals surface area (Å²) in [5.74, 6) is 0. The number of nitrogens with zero attached hydrogens (tertiary/aromatic N) is 1. The van der Waals surface area contributed by atoms with Gasteiger partial charge in [-0.1, -0.05) is 39.1 Å². The fourth-order valence-corrected chi connectivity index (χ4v) is 4.70. The number of sulfonamides is 1. The molecule has 0 amide bonds. The first-order valence-electron chi connectivity index (χ1n) is 5.00. The van der Waals surface area contributed by atoms with Gasteiger partial charge in [0.2, 0.25) is 10.0 Å². The second kappa shape index (κ2) is 5.05. The van der Waals surface area contributed by atoms with Crippen LogP contribution in [0, 0.1) is 0 Å². The van der Waals surface area contributed by atoms with Crippen LogP contribution in [0.1, 0.15) is 6.42 Å². The van der Waals surface area contributed by atoms with E-state index in [2.05, 4.69) is 15.9 Å². The van der Waals surface area contributed by atoms with Crippen LogP contribution in [0.5, 0.6) is 0 Å². The highest BCUT2D eigenvalue weighted by Crippen LogP contribution is 2.30. The summed E-state index contributed by atoms with van der Waals surface area (Å²) in [7, 11) is -3.54. The predicted octanol–water partition coefficient (Wildman–Crippen LogP) is 3.15. The van der Waals surface area contributed by atoms with Crippen LogP contribution >= 0.6 is 39.1 Å². The Morgan fingerprint density at radius 2 is 2.06 bits per heavy atom. The zero-order chi connectivity index (χ0) is 12.6. The minimum atomic E-state index is -3.54. The van der Waals surface area contributed by atoms with Crippen LogP contribution < -0.4 is 0 Å². The van der Waals surface area contributed by atoms with Gasteiger partial charge in [-0.25, -0.2) is 8.42 Å². The maximum absolute atomic E-state index is 12.3. The molecule has 0 aliphatic carbocycles. The zero-order valence-electron chi connectivity index (χ0n) is 8.74. The Balaban J connectivity index is 2.41. The van der Waals surface area contributed by atoms with E-state index in [-0.39, 0.29) is 14.7 Å². The average molecular weight is 359 g/mol. The van der Waals surface area contributed by atoms with E-state index in [9.17, 15) is 8.42 Å². The van der Waals surface area contributed by atoms with Gasteiger partial charge in [0, 0.05) is 22.9 Å². The third-order valence-corrected chi connectivity index (χ3v) is 5.93. The lowest BCUT2D eigenvalue weighted by molar-refractivity contribution is 0.478. The molecule has 0 bridgehead atoms. The molecule has 1 unspecified atom stereocenters. The summed E-state index contributed by atoms with van der Waals surface area (Å²) in [6.07, 6.45) is 0.803. The summed E-state index contributed by atoms with van der Waals surface area (Å²) in [6, 6.07) is 4.46. The highest BCUT2D eigenvalue weighted by molar-refractivity contribution is 9.09. The van der Waals surface area contributed by atoms with Gasteiger partial charge in [0.05, 0.1) is 5.02 Å². The van der Waals surface area contributed by atoms with Crippen molar-refractivity contribution in [2.75, 3.05) is 13.1 Å². The van der Waals surface area contributed by atoms with Gasteiger partial charge in [-0.3, -0.25) is 0 Å². The van der Waals surface area contributed by atoms with Gasteiger partial charge >= 0.3 is 0 Å². The van der Waals surface area contributed by atoms with Crippen LogP contribution in [0.2, 0.25) is 10.0 Å². The molecule has 17 heavy (non-hydrogen) atoms. The van der Waals surface area contributed by atoms with E-state index in [1.165, 1.54) is 16.4 Å². The topological polar surface area (TPSA) is 37.4 Å². The molecule has 0 spiro atoms. The minimum absolute atomic E-state index is 0.0771. The maximum Gasteiger partial charge on any atom is 0.244 e. The molecule has 1 heterocycles. The molecule has 94 valence electrons. The van der Waals surface area contributed by atoms with Crippen LogP contribution in [0.15, 0.2) is 23.1 Å². The highest BCUT2D eigenvalue weighted by Gasteiger charge is 2.32. The second-order valence-electron chi connectivity index (χ2n) is 3.82. The number of hydrogen-bond acceptors (Lipinski definition) is 2. The number of benzene rings is 1. The summed E-state index contributed by atoms with van der Waals surface area (Å²) in [5.41, 5.74) is 0. The smallest absolute Gasteiger partial charge is 0.207 e.